The molecule has 0 bridgehead atoms. The van der Waals surface area contributed by atoms with Crippen molar-refractivity contribution in [2.45, 2.75) is 26.8 Å². The third-order valence-corrected chi connectivity index (χ3v) is 7.04. The fourth-order valence-corrected chi connectivity index (χ4v) is 5.94. The van der Waals surface area contributed by atoms with Crippen molar-refractivity contribution in [1.29, 1.82) is 0 Å². The molecule has 1 aromatic heterocycles. The molecular formula is C20H24N2OS. The van der Waals surface area contributed by atoms with E-state index >= 15 is 0 Å². The fourth-order valence-electron chi connectivity index (χ4n) is 4.88. The maximum Gasteiger partial charge on any atom is 0.225 e. The number of carbonyl (C=O) groups is 1. The highest BCUT2D eigenvalue weighted by Crippen LogP contribution is 2.62. The molecule has 2 N–H and O–H groups in total. The minimum absolute atomic E-state index is 0.106. The van der Waals surface area contributed by atoms with Crippen LogP contribution in [-0.2, 0) is 11.3 Å². The van der Waals surface area contributed by atoms with E-state index in [0.717, 1.165) is 26.1 Å². The molecule has 1 aromatic carbocycles. The first-order chi connectivity index (χ1) is 11.4. The highest BCUT2D eigenvalue weighted by atomic mass is 32.1. The van der Waals surface area contributed by atoms with Gasteiger partial charge in [0.2, 0.25) is 5.91 Å². The topological polar surface area (TPSA) is 46.3 Å². The highest BCUT2D eigenvalue weighted by Gasteiger charge is 2.65. The Labute approximate surface area is 147 Å². The molecule has 2 heterocycles. The lowest BCUT2D eigenvalue weighted by Gasteiger charge is -2.54. The summed E-state index contributed by atoms with van der Waals surface area (Å²) in [4.78, 5) is 17.1. The molecule has 1 saturated carbocycles. The van der Waals surface area contributed by atoms with Gasteiger partial charge in [0.25, 0.3) is 0 Å². The molecule has 4 heteroatoms. The second-order valence-corrected chi connectivity index (χ2v) is 9.21. The van der Waals surface area contributed by atoms with Gasteiger partial charge in [-0.05, 0) is 35.4 Å². The number of nitrogens with zero attached hydrogens (tertiary/aromatic N) is 1. The van der Waals surface area contributed by atoms with Crippen molar-refractivity contribution in [3.8, 4) is 10.4 Å². The van der Waals surface area contributed by atoms with Crippen LogP contribution in [0.1, 0.15) is 25.1 Å². The van der Waals surface area contributed by atoms with E-state index in [0.29, 0.717) is 5.92 Å². The Morgan fingerprint density at radius 2 is 2.00 bits per heavy atom. The number of primary amides is 1. The lowest BCUT2D eigenvalue weighted by atomic mass is 9.48. The molecule has 0 unspecified atom stereocenters. The van der Waals surface area contributed by atoms with Crippen LogP contribution in [0, 0.1) is 16.7 Å². The van der Waals surface area contributed by atoms with E-state index in [4.69, 9.17) is 5.73 Å². The second kappa shape index (κ2) is 5.43. The molecular weight excluding hydrogens is 316 g/mol. The summed E-state index contributed by atoms with van der Waals surface area (Å²) in [5.74, 6) is 0.293. The summed E-state index contributed by atoms with van der Waals surface area (Å²) in [6.07, 6.45) is 0.927. The molecule has 1 aliphatic heterocycles. The number of thiophene rings is 1. The number of benzene rings is 1. The van der Waals surface area contributed by atoms with Crippen LogP contribution in [0.2, 0.25) is 0 Å². The number of amides is 1. The molecule has 2 aliphatic rings. The minimum Gasteiger partial charge on any atom is -0.369 e. The van der Waals surface area contributed by atoms with Crippen LogP contribution in [0.5, 0.6) is 0 Å². The van der Waals surface area contributed by atoms with Gasteiger partial charge in [0.1, 0.15) is 0 Å². The number of hydrogen-bond acceptors (Lipinski definition) is 3. The number of likely N-dealkylation sites (tertiary alicyclic amines) is 1. The average molecular weight is 340 g/mol. The standard InChI is InChI=1S/C20H24N2OS/c1-19(2)12-20(18(21)23)13-22(11-17(19)20)10-15-8-9-16(24-15)14-6-4-3-5-7-14/h3-9,17H,10-13H2,1-2H3,(H2,21,23)/t17-,20+/m1/s1. The van der Waals surface area contributed by atoms with Gasteiger partial charge < -0.3 is 5.73 Å². The summed E-state index contributed by atoms with van der Waals surface area (Å²) in [5, 5.41) is 0. The molecule has 3 nitrogen and oxygen atoms in total. The van der Waals surface area contributed by atoms with Gasteiger partial charge in [0.15, 0.2) is 0 Å². The van der Waals surface area contributed by atoms with Crippen LogP contribution in [0.15, 0.2) is 42.5 Å². The smallest absolute Gasteiger partial charge is 0.225 e. The number of nitrogens with two attached hydrogens (primary N) is 1. The van der Waals surface area contributed by atoms with Gasteiger partial charge in [-0.2, -0.15) is 0 Å². The van der Waals surface area contributed by atoms with Crippen molar-refractivity contribution in [3.05, 3.63) is 47.3 Å². The summed E-state index contributed by atoms with van der Waals surface area (Å²) in [6.45, 7) is 7.24. The van der Waals surface area contributed by atoms with Crippen molar-refractivity contribution in [2.75, 3.05) is 13.1 Å². The SMILES string of the molecule is CC1(C)C[C@]2(C(N)=O)CN(Cc3ccc(-c4ccccc4)s3)C[C@H]12. The number of hydrogen-bond donors (Lipinski definition) is 1. The van der Waals surface area contributed by atoms with Crippen molar-refractivity contribution >= 4 is 17.2 Å². The molecule has 1 aliphatic carbocycles. The summed E-state index contributed by atoms with van der Waals surface area (Å²) >= 11 is 1.85. The summed E-state index contributed by atoms with van der Waals surface area (Å²) in [7, 11) is 0. The molecule has 1 amide bonds. The summed E-state index contributed by atoms with van der Waals surface area (Å²) in [5.41, 5.74) is 6.98. The molecule has 0 radical (unpaired) electrons. The van der Waals surface area contributed by atoms with Crippen molar-refractivity contribution in [1.82, 2.24) is 4.90 Å². The zero-order chi connectivity index (χ0) is 16.9. The van der Waals surface area contributed by atoms with Crippen LogP contribution in [0.4, 0.5) is 0 Å². The van der Waals surface area contributed by atoms with Gasteiger partial charge in [-0.15, -0.1) is 11.3 Å². The lowest BCUT2D eigenvalue weighted by Crippen LogP contribution is -2.59. The first-order valence-electron chi connectivity index (χ1n) is 8.57. The normalized spacial score (nSPS) is 28.3. The zero-order valence-electron chi connectivity index (χ0n) is 14.3. The van der Waals surface area contributed by atoms with E-state index < -0.39 is 0 Å². The van der Waals surface area contributed by atoms with E-state index in [1.165, 1.54) is 15.3 Å². The van der Waals surface area contributed by atoms with Gasteiger partial charge in [-0.1, -0.05) is 44.2 Å². The Balaban J connectivity index is 1.50. The maximum atomic E-state index is 12.1. The van der Waals surface area contributed by atoms with Gasteiger partial charge in [0, 0.05) is 29.4 Å². The number of fused-ring (bicyclic) bond motifs is 1. The van der Waals surface area contributed by atoms with Crippen LogP contribution < -0.4 is 5.73 Å². The molecule has 24 heavy (non-hydrogen) atoms. The van der Waals surface area contributed by atoms with Gasteiger partial charge in [-0.3, -0.25) is 9.69 Å². The molecule has 2 atom stereocenters. The number of rotatable bonds is 4. The Bertz CT molecular complexity index is 767. The molecule has 126 valence electrons. The fraction of sp³-hybridized carbons (Fsp3) is 0.450. The first kappa shape index (κ1) is 15.9. The molecule has 1 saturated heterocycles. The summed E-state index contributed by atoms with van der Waals surface area (Å²) < 4.78 is 0. The highest BCUT2D eigenvalue weighted by molar-refractivity contribution is 7.15. The van der Waals surface area contributed by atoms with E-state index in [1.54, 1.807) is 0 Å². The van der Waals surface area contributed by atoms with Crippen molar-refractivity contribution in [3.63, 3.8) is 0 Å². The lowest BCUT2D eigenvalue weighted by molar-refractivity contribution is -0.148. The van der Waals surface area contributed by atoms with E-state index in [2.05, 4.69) is 55.1 Å². The Hall–Kier alpha value is -1.65. The predicted molar refractivity (Wildman–Crippen MR) is 98.5 cm³/mol. The monoisotopic (exact) mass is 340 g/mol. The average Bonchev–Trinajstić information content (AvgIpc) is 3.12. The maximum absolute atomic E-state index is 12.1. The predicted octanol–water partition coefficient (Wildman–Crippen LogP) is 3.75. The van der Waals surface area contributed by atoms with Gasteiger partial charge >= 0.3 is 0 Å². The molecule has 0 spiro atoms. The van der Waals surface area contributed by atoms with Crippen LogP contribution >= 0.6 is 11.3 Å². The van der Waals surface area contributed by atoms with E-state index in [9.17, 15) is 4.79 Å². The largest absolute Gasteiger partial charge is 0.369 e. The zero-order valence-corrected chi connectivity index (χ0v) is 15.1. The third kappa shape index (κ3) is 2.40. The van der Waals surface area contributed by atoms with E-state index in [-0.39, 0.29) is 16.7 Å². The van der Waals surface area contributed by atoms with Gasteiger partial charge in [-0.25, -0.2) is 0 Å². The Kier molecular flexibility index (Phi) is 3.59. The van der Waals surface area contributed by atoms with Crippen LogP contribution in [0.25, 0.3) is 10.4 Å². The van der Waals surface area contributed by atoms with Gasteiger partial charge in [0.05, 0.1) is 5.41 Å². The summed E-state index contributed by atoms with van der Waals surface area (Å²) in [6, 6.07) is 14.9. The third-order valence-electron chi connectivity index (χ3n) is 5.92. The van der Waals surface area contributed by atoms with Crippen molar-refractivity contribution < 1.29 is 4.79 Å². The van der Waals surface area contributed by atoms with Crippen LogP contribution in [0.3, 0.4) is 0 Å². The molecule has 2 aromatic rings. The second-order valence-electron chi connectivity index (χ2n) is 8.04. The number of carbonyl (C=O) groups excluding carboxylic acids is 1. The van der Waals surface area contributed by atoms with Crippen LogP contribution in [-0.4, -0.2) is 23.9 Å². The first-order valence-corrected chi connectivity index (χ1v) is 9.39. The van der Waals surface area contributed by atoms with E-state index in [1.807, 2.05) is 17.4 Å². The van der Waals surface area contributed by atoms with Crippen molar-refractivity contribution in [2.24, 2.45) is 22.5 Å². The quantitative estimate of drug-likeness (QED) is 0.921. The molecule has 4 rings (SSSR count). The Morgan fingerprint density at radius 1 is 1.25 bits per heavy atom. The minimum atomic E-state index is -0.289. The molecule has 2 fully saturated rings. The Morgan fingerprint density at radius 3 is 2.62 bits per heavy atom.